The lowest BCUT2D eigenvalue weighted by molar-refractivity contribution is 0.282. The average Bonchev–Trinajstić information content (AvgIpc) is 2.73. The summed E-state index contributed by atoms with van der Waals surface area (Å²) in [7, 11) is 2.20. The summed E-state index contributed by atoms with van der Waals surface area (Å²) in [6.45, 7) is 2.41. The van der Waals surface area contributed by atoms with Gasteiger partial charge in [0.1, 0.15) is 0 Å². The van der Waals surface area contributed by atoms with Gasteiger partial charge in [-0.25, -0.2) is 4.98 Å². The van der Waals surface area contributed by atoms with Crippen LogP contribution in [0.2, 0.25) is 5.02 Å². The number of aromatic nitrogens is 1. The number of benzene rings is 1. The van der Waals surface area contributed by atoms with E-state index >= 15 is 0 Å². The molecule has 0 unspecified atom stereocenters. The van der Waals surface area contributed by atoms with Crippen LogP contribution in [0.15, 0.2) is 22.5 Å². The van der Waals surface area contributed by atoms with Crippen molar-refractivity contribution >= 4 is 44.9 Å². The van der Waals surface area contributed by atoms with Crippen molar-refractivity contribution in [3.05, 3.63) is 23.2 Å². The molecule has 2 heterocycles. The van der Waals surface area contributed by atoms with Gasteiger partial charge in [-0.3, -0.25) is 0 Å². The Morgan fingerprint density at radius 3 is 2.94 bits per heavy atom. The molecule has 1 aliphatic heterocycles. The van der Waals surface area contributed by atoms with Crippen LogP contribution >= 0.6 is 34.7 Å². The Balaban J connectivity index is 1.74. The van der Waals surface area contributed by atoms with Gasteiger partial charge >= 0.3 is 0 Å². The fraction of sp³-hybridized carbons (Fsp3) is 0.462. The second-order valence-electron chi connectivity index (χ2n) is 4.71. The predicted molar refractivity (Wildman–Crippen MR) is 81.0 cm³/mol. The van der Waals surface area contributed by atoms with Crippen molar-refractivity contribution in [2.24, 2.45) is 0 Å². The van der Waals surface area contributed by atoms with Crippen LogP contribution in [-0.4, -0.2) is 35.3 Å². The zero-order valence-electron chi connectivity index (χ0n) is 10.2. The van der Waals surface area contributed by atoms with E-state index in [2.05, 4.69) is 23.0 Å². The molecule has 1 fully saturated rings. The van der Waals surface area contributed by atoms with Crippen molar-refractivity contribution in [1.82, 2.24) is 9.88 Å². The first-order chi connectivity index (χ1) is 8.70. The van der Waals surface area contributed by atoms with Crippen molar-refractivity contribution < 1.29 is 0 Å². The lowest BCUT2D eigenvalue weighted by atomic mass is 10.1. The van der Waals surface area contributed by atoms with Gasteiger partial charge in [0, 0.05) is 10.3 Å². The number of fused-ring (bicyclic) bond motifs is 1. The van der Waals surface area contributed by atoms with Gasteiger partial charge in [-0.15, -0.1) is 11.3 Å². The van der Waals surface area contributed by atoms with Gasteiger partial charge in [-0.1, -0.05) is 23.4 Å². The predicted octanol–water partition coefficient (Wildman–Crippen LogP) is 4.14. The summed E-state index contributed by atoms with van der Waals surface area (Å²) in [6.07, 6.45) is 2.52. The van der Waals surface area contributed by atoms with Crippen LogP contribution in [0.3, 0.4) is 0 Å². The number of piperidine rings is 1. The molecule has 5 heteroatoms. The van der Waals surface area contributed by atoms with E-state index in [9.17, 15) is 0 Å². The molecular formula is C13H15ClN2S2. The zero-order valence-corrected chi connectivity index (χ0v) is 12.6. The monoisotopic (exact) mass is 298 g/mol. The van der Waals surface area contributed by atoms with Crippen LogP contribution in [0, 0.1) is 0 Å². The Bertz CT molecular complexity index is 547. The van der Waals surface area contributed by atoms with Crippen molar-refractivity contribution in [2.75, 3.05) is 20.1 Å². The van der Waals surface area contributed by atoms with Gasteiger partial charge in [0.25, 0.3) is 0 Å². The third-order valence-corrected chi connectivity index (χ3v) is 5.97. The summed E-state index contributed by atoms with van der Waals surface area (Å²) in [4.78, 5) is 7.07. The van der Waals surface area contributed by atoms with E-state index in [-0.39, 0.29) is 0 Å². The largest absolute Gasteiger partial charge is 0.306 e. The Kier molecular flexibility index (Phi) is 3.80. The molecule has 1 aliphatic rings. The Hall–Kier alpha value is -0.290. The molecule has 18 heavy (non-hydrogen) atoms. The molecule has 1 aromatic carbocycles. The molecule has 0 aliphatic carbocycles. The number of thiazole rings is 1. The van der Waals surface area contributed by atoms with Crippen molar-refractivity contribution in [3.63, 3.8) is 0 Å². The topological polar surface area (TPSA) is 16.1 Å². The van der Waals surface area contributed by atoms with Gasteiger partial charge in [0.05, 0.1) is 10.2 Å². The van der Waals surface area contributed by atoms with Crippen LogP contribution in [0.4, 0.5) is 0 Å². The Labute approximate surface area is 120 Å². The minimum absolute atomic E-state index is 0.720. The van der Waals surface area contributed by atoms with E-state index in [0.29, 0.717) is 0 Å². The molecule has 2 nitrogen and oxygen atoms in total. The van der Waals surface area contributed by atoms with Crippen molar-refractivity contribution in [3.8, 4) is 0 Å². The maximum atomic E-state index is 5.99. The second-order valence-corrected chi connectivity index (χ2v) is 7.73. The number of rotatable bonds is 2. The molecule has 1 saturated heterocycles. The SMILES string of the molecule is CN1CCC(Sc2nc3cc(Cl)ccc3s2)CC1. The Morgan fingerprint density at radius 1 is 1.39 bits per heavy atom. The first-order valence-electron chi connectivity index (χ1n) is 6.12. The smallest absolute Gasteiger partial charge is 0.151 e. The van der Waals surface area contributed by atoms with Crippen molar-refractivity contribution in [2.45, 2.75) is 22.4 Å². The highest BCUT2D eigenvalue weighted by Crippen LogP contribution is 2.36. The number of thioether (sulfide) groups is 1. The normalized spacial score (nSPS) is 18.6. The van der Waals surface area contributed by atoms with E-state index in [1.807, 2.05) is 23.9 Å². The zero-order chi connectivity index (χ0) is 12.5. The quantitative estimate of drug-likeness (QED) is 0.829. The molecule has 0 saturated carbocycles. The summed E-state index contributed by atoms with van der Waals surface area (Å²) in [5.74, 6) is 0. The highest BCUT2D eigenvalue weighted by Gasteiger charge is 2.19. The average molecular weight is 299 g/mol. The molecule has 0 spiro atoms. The van der Waals surface area contributed by atoms with Crippen LogP contribution < -0.4 is 0 Å². The standard InChI is InChI=1S/C13H15ClN2S2/c1-16-6-4-10(5-7-16)17-13-15-11-8-9(14)2-3-12(11)18-13/h2-3,8,10H,4-7H2,1H3. The van der Waals surface area contributed by atoms with Crippen LogP contribution in [0.5, 0.6) is 0 Å². The summed E-state index contributed by atoms with van der Waals surface area (Å²) in [6, 6.07) is 5.95. The third-order valence-electron chi connectivity index (χ3n) is 3.26. The number of nitrogens with zero attached hydrogens (tertiary/aromatic N) is 2. The van der Waals surface area contributed by atoms with Gasteiger partial charge in [-0.05, 0) is 51.2 Å². The van der Waals surface area contributed by atoms with E-state index in [1.54, 1.807) is 11.3 Å². The molecular weight excluding hydrogens is 284 g/mol. The summed E-state index contributed by atoms with van der Waals surface area (Å²) >= 11 is 9.70. The summed E-state index contributed by atoms with van der Waals surface area (Å²) in [5.41, 5.74) is 1.03. The maximum Gasteiger partial charge on any atom is 0.151 e. The summed E-state index contributed by atoms with van der Waals surface area (Å²) in [5, 5.41) is 1.49. The van der Waals surface area contributed by atoms with Gasteiger partial charge in [0.15, 0.2) is 4.34 Å². The second kappa shape index (κ2) is 5.37. The first kappa shape index (κ1) is 12.7. The van der Waals surface area contributed by atoms with Gasteiger partial charge < -0.3 is 4.90 Å². The van der Waals surface area contributed by atoms with Crippen molar-refractivity contribution in [1.29, 1.82) is 0 Å². The van der Waals surface area contributed by atoms with Gasteiger partial charge in [0.2, 0.25) is 0 Å². The minimum atomic E-state index is 0.720. The van der Waals surface area contributed by atoms with Crippen LogP contribution in [0.25, 0.3) is 10.2 Å². The number of halogens is 1. The van der Waals surface area contributed by atoms with E-state index in [1.165, 1.54) is 35.0 Å². The molecule has 0 N–H and O–H groups in total. The maximum absolute atomic E-state index is 5.99. The number of hydrogen-bond acceptors (Lipinski definition) is 4. The van der Waals surface area contributed by atoms with Crippen LogP contribution in [-0.2, 0) is 0 Å². The Morgan fingerprint density at radius 2 is 2.17 bits per heavy atom. The first-order valence-corrected chi connectivity index (χ1v) is 8.19. The fourth-order valence-electron chi connectivity index (χ4n) is 2.18. The van der Waals surface area contributed by atoms with Crippen LogP contribution in [0.1, 0.15) is 12.8 Å². The minimum Gasteiger partial charge on any atom is -0.306 e. The number of hydrogen-bond donors (Lipinski definition) is 0. The van der Waals surface area contributed by atoms with Gasteiger partial charge in [-0.2, -0.15) is 0 Å². The third kappa shape index (κ3) is 2.82. The van der Waals surface area contributed by atoms with E-state index in [0.717, 1.165) is 15.8 Å². The highest BCUT2D eigenvalue weighted by molar-refractivity contribution is 8.01. The molecule has 0 bridgehead atoms. The molecule has 3 rings (SSSR count). The highest BCUT2D eigenvalue weighted by atomic mass is 35.5. The molecule has 0 radical (unpaired) electrons. The summed E-state index contributed by atoms with van der Waals surface area (Å²) < 4.78 is 2.41. The molecule has 0 amide bonds. The van der Waals surface area contributed by atoms with E-state index < -0.39 is 0 Å². The lowest BCUT2D eigenvalue weighted by Gasteiger charge is -2.27. The molecule has 2 aromatic rings. The fourth-order valence-corrected chi connectivity index (χ4v) is 4.77. The molecule has 0 atom stereocenters. The number of likely N-dealkylation sites (tertiary alicyclic amines) is 1. The van der Waals surface area contributed by atoms with E-state index in [4.69, 9.17) is 11.6 Å². The lowest BCUT2D eigenvalue weighted by Crippen LogP contribution is -2.31. The molecule has 1 aromatic heterocycles. The molecule has 96 valence electrons.